The number of hydrogen-bond donors (Lipinski definition) is 1. The van der Waals surface area contributed by atoms with Crippen molar-refractivity contribution in [2.75, 3.05) is 11.1 Å². The fraction of sp³-hybridized carbons (Fsp3) is 0.214. The zero-order chi connectivity index (χ0) is 16.2. The summed E-state index contributed by atoms with van der Waals surface area (Å²) in [4.78, 5) is 19.7. The first-order valence-electron chi connectivity index (χ1n) is 6.50. The molecule has 2 rings (SSSR count). The molecule has 1 amide bonds. The van der Waals surface area contributed by atoms with Crippen molar-refractivity contribution in [1.82, 2.24) is 9.97 Å². The smallest absolute Gasteiger partial charge is 0.228 e. The third-order valence-corrected chi connectivity index (χ3v) is 4.88. The van der Waals surface area contributed by atoms with E-state index in [0.717, 1.165) is 0 Å². The average molecular weight is 340 g/mol. The van der Waals surface area contributed by atoms with Crippen molar-refractivity contribution in [3.05, 3.63) is 47.5 Å². The van der Waals surface area contributed by atoms with Crippen molar-refractivity contribution in [2.24, 2.45) is 0 Å². The number of aromatic nitrogens is 2. The van der Waals surface area contributed by atoms with Crippen molar-refractivity contribution in [3.8, 4) is 0 Å². The number of rotatable bonds is 5. The van der Waals surface area contributed by atoms with E-state index in [1.807, 2.05) is 0 Å². The van der Waals surface area contributed by atoms with Gasteiger partial charge in [0, 0.05) is 0 Å². The molecule has 0 unspecified atom stereocenters. The first-order chi connectivity index (χ1) is 10.4. The van der Waals surface area contributed by atoms with Crippen molar-refractivity contribution in [2.45, 2.75) is 18.2 Å². The van der Waals surface area contributed by atoms with Crippen LogP contribution < -0.4 is 5.32 Å². The Labute approximate surface area is 133 Å². The lowest BCUT2D eigenvalue weighted by molar-refractivity contribution is -0.115. The Balaban J connectivity index is 2.01. The number of anilines is 1. The molecule has 1 aromatic heterocycles. The molecule has 0 saturated heterocycles. The largest absolute Gasteiger partial charge is 0.323 e. The molecule has 0 aliphatic heterocycles. The predicted octanol–water partition coefficient (Wildman–Crippen LogP) is 2.10. The normalized spacial score (nSPS) is 11.2. The van der Waals surface area contributed by atoms with Gasteiger partial charge in [0.1, 0.15) is 0 Å². The summed E-state index contributed by atoms with van der Waals surface area (Å²) in [6, 6.07) is 6.26. The number of benzene rings is 1. The molecule has 0 aliphatic rings. The van der Waals surface area contributed by atoms with Crippen LogP contribution in [0.25, 0.3) is 0 Å². The Morgan fingerprint density at radius 2 is 1.77 bits per heavy atom. The Hall–Kier alpha value is -1.99. The Bertz CT molecular complexity index is 759. The van der Waals surface area contributed by atoms with Gasteiger partial charge in [-0.05, 0) is 29.3 Å². The summed E-state index contributed by atoms with van der Waals surface area (Å²) in [5, 5.41) is 2.74. The van der Waals surface area contributed by atoms with E-state index in [4.69, 9.17) is 11.6 Å². The number of carbonyl (C=O) groups excluding carboxylic acids is 1. The number of amides is 1. The molecule has 0 radical (unpaired) electrons. The SMILES string of the molecule is CCS(=O)(=O)c1ccc(CC(=O)Nc2cnc(Cl)nc2)cc1. The molecule has 0 aliphatic carbocycles. The summed E-state index contributed by atoms with van der Waals surface area (Å²) < 4.78 is 23.4. The number of sulfone groups is 1. The highest BCUT2D eigenvalue weighted by Gasteiger charge is 2.11. The molecule has 22 heavy (non-hydrogen) atoms. The molecular weight excluding hydrogens is 326 g/mol. The van der Waals surface area contributed by atoms with Gasteiger partial charge in [0.2, 0.25) is 11.2 Å². The van der Waals surface area contributed by atoms with Crippen LogP contribution in [-0.2, 0) is 21.1 Å². The second kappa shape index (κ2) is 6.85. The monoisotopic (exact) mass is 339 g/mol. The zero-order valence-corrected chi connectivity index (χ0v) is 13.4. The van der Waals surface area contributed by atoms with Gasteiger partial charge in [0.05, 0.1) is 35.2 Å². The van der Waals surface area contributed by atoms with Crippen LogP contribution in [0.2, 0.25) is 5.28 Å². The molecule has 0 spiro atoms. The Kier molecular flexibility index (Phi) is 5.10. The maximum Gasteiger partial charge on any atom is 0.228 e. The van der Waals surface area contributed by atoms with Gasteiger partial charge in [-0.25, -0.2) is 18.4 Å². The van der Waals surface area contributed by atoms with E-state index in [9.17, 15) is 13.2 Å². The minimum absolute atomic E-state index is 0.0450. The lowest BCUT2D eigenvalue weighted by atomic mass is 10.1. The fourth-order valence-corrected chi connectivity index (χ4v) is 2.73. The third kappa shape index (κ3) is 4.25. The van der Waals surface area contributed by atoms with E-state index < -0.39 is 9.84 Å². The van der Waals surface area contributed by atoms with Gasteiger partial charge in [0.25, 0.3) is 0 Å². The van der Waals surface area contributed by atoms with Crippen molar-refractivity contribution in [1.29, 1.82) is 0 Å². The van der Waals surface area contributed by atoms with E-state index >= 15 is 0 Å². The summed E-state index contributed by atoms with van der Waals surface area (Å²) in [6.45, 7) is 1.59. The number of halogens is 1. The highest BCUT2D eigenvalue weighted by atomic mass is 35.5. The fourth-order valence-electron chi connectivity index (χ4n) is 1.75. The second-order valence-corrected chi connectivity index (χ2v) is 7.13. The standard InChI is InChI=1S/C14H14ClN3O3S/c1-2-22(20,21)12-5-3-10(4-6-12)7-13(19)18-11-8-16-14(15)17-9-11/h3-6,8-9H,2,7H2,1H3,(H,18,19). The number of nitrogens with zero attached hydrogens (tertiary/aromatic N) is 2. The summed E-state index contributed by atoms with van der Waals surface area (Å²) in [5.74, 6) is -0.208. The maximum atomic E-state index is 11.9. The minimum atomic E-state index is -3.23. The molecule has 2 aromatic rings. The van der Waals surface area contributed by atoms with Crippen LogP contribution >= 0.6 is 11.6 Å². The van der Waals surface area contributed by atoms with Crippen LogP contribution in [0.5, 0.6) is 0 Å². The third-order valence-electron chi connectivity index (χ3n) is 2.93. The molecule has 116 valence electrons. The van der Waals surface area contributed by atoms with E-state index in [-0.39, 0.29) is 28.3 Å². The van der Waals surface area contributed by atoms with Gasteiger partial charge < -0.3 is 5.32 Å². The lowest BCUT2D eigenvalue weighted by Gasteiger charge is -2.06. The summed E-state index contributed by atoms with van der Waals surface area (Å²) in [5.41, 5.74) is 1.15. The van der Waals surface area contributed by atoms with E-state index in [0.29, 0.717) is 11.3 Å². The van der Waals surface area contributed by atoms with Crippen LogP contribution in [0.1, 0.15) is 12.5 Å². The second-order valence-electron chi connectivity index (χ2n) is 4.51. The van der Waals surface area contributed by atoms with Crippen molar-refractivity contribution >= 4 is 33.0 Å². The van der Waals surface area contributed by atoms with Crippen LogP contribution in [-0.4, -0.2) is 30.0 Å². The molecule has 6 nitrogen and oxygen atoms in total. The Morgan fingerprint density at radius 1 is 1.18 bits per heavy atom. The Morgan fingerprint density at radius 3 is 2.32 bits per heavy atom. The molecule has 1 aromatic carbocycles. The van der Waals surface area contributed by atoms with E-state index in [2.05, 4.69) is 15.3 Å². The summed E-state index contributed by atoms with van der Waals surface area (Å²) >= 11 is 5.56. The minimum Gasteiger partial charge on any atom is -0.323 e. The summed E-state index contributed by atoms with van der Waals surface area (Å²) in [7, 11) is -3.23. The van der Waals surface area contributed by atoms with Crippen LogP contribution in [0.3, 0.4) is 0 Å². The quantitative estimate of drug-likeness (QED) is 0.843. The van der Waals surface area contributed by atoms with Crippen LogP contribution in [0.4, 0.5) is 5.69 Å². The predicted molar refractivity (Wildman–Crippen MR) is 83.5 cm³/mol. The summed E-state index contributed by atoms with van der Waals surface area (Å²) in [6.07, 6.45) is 2.93. The van der Waals surface area contributed by atoms with Gasteiger partial charge in [0.15, 0.2) is 9.84 Å². The maximum absolute atomic E-state index is 11.9. The molecule has 1 N–H and O–H groups in total. The van der Waals surface area contributed by atoms with E-state index in [1.165, 1.54) is 24.5 Å². The first-order valence-corrected chi connectivity index (χ1v) is 8.53. The number of carbonyl (C=O) groups is 1. The van der Waals surface area contributed by atoms with Gasteiger partial charge in [-0.1, -0.05) is 19.1 Å². The number of nitrogens with one attached hydrogen (secondary N) is 1. The van der Waals surface area contributed by atoms with Gasteiger partial charge in [-0.15, -0.1) is 0 Å². The van der Waals surface area contributed by atoms with E-state index in [1.54, 1.807) is 19.1 Å². The molecule has 0 bridgehead atoms. The van der Waals surface area contributed by atoms with Crippen molar-refractivity contribution < 1.29 is 13.2 Å². The lowest BCUT2D eigenvalue weighted by Crippen LogP contribution is -2.14. The molecule has 1 heterocycles. The van der Waals surface area contributed by atoms with Crippen molar-refractivity contribution in [3.63, 3.8) is 0 Å². The van der Waals surface area contributed by atoms with Crippen LogP contribution in [0.15, 0.2) is 41.6 Å². The molecule has 0 saturated carbocycles. The average Bonchev–Trinajstić information content (AvgIpc) is 2.50. The highest BCUT2D eigenvalue weighted by Crippen LogP contribution is 2.13. The zero-order valence-electron chi connectivity index (χ0n) is 11.8. The topological polar surface area (TPSA) is 89.0 Å². The van der Waals surface area contributed by atoms with Crippen LogP contribution in [0, 0.1) is 0 Å². The highest BCUT2D eigenvalue weighted by molar-refractivity contribution is 7.91. The molecule has 8 heteroatoms. The molecule has 0 fully saturated rings. The first kappa shape index (κ1) is 16.4. The van der Waals surface area contributed by atoms with Gasteiger partial charge >= 0.3 is 0 Å². The molecular formula is C14H14ClN3O3S. The number of hydrogen-bond acceptors (Lipinski definition) is 5. The van der Waals surface area contributed by atoms with Gasteiger partial charge in [-0.2, -0.15) is 0 Å². The molecule has 0 atom stereocenters. The van der Waals surface area contributed by atoms with Gasteiger partial charge in [-0.3, -0.25) is 4.79 Å².